The summed E-state index contributed by atoms with van der Waals surface area (Å²) in [6, 6.07) is 0.0625. The highest BCUT2D eigenvalue weighted by Crippen LogP contribution is 2.26. The zero-order valence-corrected chi connectivity index (χ0v) is 50.5. The van der Waals surface area contributed by atoms with Crippen molar-refractivity contribution in [2.75, 3.05) is 97.6 Å². The van der Waals surface area contributed by atoms with E-state index in [9.17, 15) is 28.8 Å². The number of ether oxygens (including phenoxy) is 3. The number of nitrogens with zero attached hydrogens (tertiary/aromatic N) is 7. The first-order chi connectivity index (χ1) is 33.1. The van der Waals surface area contributed by atoms with Crippen molar-refractivity contribution in [3.05, 3.63) is 12.3 Å². The van der Waals surface area contributed by atoms with Crippen LogP contribution in [0, 0.1) is 0 Å². The number of morpholine rings is 1. The molecule has 0 radical (unpaired) electrons. The van der Waals surface area contributed by atoms with Crippen LogP contribution >= 0.6 is 11.8 Å². The van der Waals surface area contributed by atoms with E-state index in [1.807, 2.05) is 103 Å². The fourth-order valence-electron chi connectivity index (χ4n) is 8.35. The summed E-state index contributed by atoms with van der Waals surface area (Å²) in [5.41, 5.74) is 1.23. The van der Waals surface area contributed by atoms with Crippen LogP contribution in [0.25, 0.3) is 0 Å². The number of rotatable bonds is 0. The van der Waals surface area contributed by atoms with Crippen molar-refractivity contribution in [3.8, 4) is 0 Å². The molecule has 0 aromatic carbocycles. The molecule has 0 saturated carbocycles. The lowest BCUT2D eigenvalue weighted by Gasteiger charge is -2.42. The number of likely N-dealkylation sites (tertiary alicyclic amines) is 1. The minimum atomic E-state index is -0.187. The Morgan fingerprint density at radius 3 is 1.16 bits per heavy atom. The third-order valence-corrected chi connectivity index (χ3v) is 13.2. The van der Waals surface area contributed by atoms with Crippen LogP contribution in [0.5, 0.6) is 0 Å². The highest BCUT2D eigenvalue weighted by Gasteiger charge is 2.34. The minimum Gasteiger partial charge on any atom is -0.449 e. The van der Waals surface area contributed by atoms with Gasteiger partial charge in [0.05, 0.1) is 19.8 Å². The van der Waals surface area contributed by atoms with E-state index in [0.29, 0.717) is 25.7 Å². The van der Waals surface area contributed by atoms with Gasteiger partial charge in [-0.25, -0.2) is 14.4 Å². The number of cyclic esters (lactones) is 2. The molecule has 0 aromatic rings. The Labute approximate surface area is 454 Å². The van der Waals surface area contributed by atoms with Gasteiger partial charge in [-0.1, -0.05) is 25.8 Å². The molecule has 7 rings (SSSR count). The number of amides is 7. The van der Waals surface area contributed by atoms with E-state index in [1.54, 1.807) is 9.80 Å². The first-order valence-electron chi connectivity index (χ1n) is 26.3. The standard InChI is InChI=1S/C9H18N2.2C8H15NO2.C8H15NO.C7H14N2O.C7H13NO2.C7H13NOS.CH4/c1-8-7-10-5-6-11(8)9(2,3)4;1-8(2,3)9-4-5-11-6-7(9)10;1-8(2,3)9-5-4-6-11-7(9)10;1-8(2,3)9-6-4-5-7(9)10;1-7(2,3)9-5-4-8-6(9)10;2*1-7(2,3)8-4-5-10-6(8)9;/h10H,1,5-7H2,2-4H3;2*4-6H2,1-3H3;4-6H2,1-3H3;4-5H2,1-3H3,(H,8,10);2*4-5H2,1-3H3;1H4. The van der Waals surface area contributed by atoms with Crippen LogP contribution in [-0.2, 0) is 23.8 Å². The van der Waals surface area contributed by atoms with Gasteiger partial charge in [0, 0.05) is 116 Å². The Kier molecular flexibility index (Phi) is 27.9. The van der Waals surface area contributed by atoms with Crippen molar-refractivity contribution >= 4 is 47.0 Å². The first kappa shape index (κ1) is 70.0. The number of piperazine rings is 1. The van der Waals surface area contributed by atoms with E-state index in [-0.39, 0.29) is 82.2 Å². The Hall–Kier alpha value is -3.97. The highest BCUT2D eigenvalue weighted by atomic mass is 32.2. The van der Waals surface area contributed by atoms with Crippen molar-refractivity contribution in [2.24, 2.45) is 0 Å². The van der Waals surface area contributed by atoms with Gasteiger partial charge in [0.2, 0.25) is 11.8 Å². The van der Waals surface area contributed by atoms with Crippen LogP contribution in [0.4, 0.5) is 19.2 Å². The van der Waals surface area contributed by atoms with Crippen LogP contribution in [0.1, 0.15) is 172 Å². The lowest BCUT2D eigenvalue weighted by Crippen LogP contribution is -2.51. The molecule has 7 amide bonds. The molecule has 0 atom stereocenters. The second-order valence-corrected chi connectivity index (χ2v) is 26.9. The van der Waals surface area contributed by atoms with Crippen molar-refractivity contribution in [2.45, 2.75) is 211 Å². The van der Waals surface area contributed by atoms with E-state index in [4.69, 9.17) is 14.2 Å². The van der Waals surface area contributed by atoms with Crippen molar-refractivity contribution in [1.82, 2.24) is 44.9 Å². The molecule has 2 N–H and O–H groups in total. The predicted molar refractivity (Wildman–Crippen MR) is 303 cm³/mol. The van der Waals surface area contributed by atoms with Gasteiger partial charge < -0.3 is 54.2 Å². The van der Waals surface area contributed by atoms with Crippen molar-refractivity contribution in [3.63, 3.8) is 0 Å². The number of hydrogen-bond donors (Lipinski definition) is 2. The van der Waals surface area contributed by atoms with Gasteiger partial charge in [0.15, 0.2) is 0 Å². The summed E-state index contributed by atoms with van der Waals surface area (Å²) in [6.45, 7) is 58.3. The van der Waals surface area contributed by atoms with Gasteiger partial charge in [0.1, 0.15) is 13.2 Å². The van der Waals surface area contributed by atoms with Crippen LogP contribution in [0.2, 0.25) is 0 Å². The normalized spacial score (nSPS) is 19.9. The molecule has 18 nitrogen and oxygen atoms in total. The molecule has 0 spiro atoms. The van der Waals surface area contributed by atoms with Crippen LogP contribution in [-0.4, -0.2) is 206 Å². The van der Waals surface area contributed by atoms with Gasteiger partial charge in [-0.3, -0.25) is 19.3 Å². The Balaban J connectivity index is 0.000000839. The molecule has 0 bridgehead atoms. The maximum atomic E-state index is 11.2. The molecular weight excluding hydrogens is 963 g/mol. The average Bonchev–Trinajstić information content (AvgIpc) is 4.07. The van der Waals surface area contributed by atoms with Crippen LogP contribution in [0.3, 0.4) is 0 Å². The monoisotopic (exact) mass is 1070 g/mol. The molecule has 0 aromatic heterocycles. The zero-order chi connectivity index (χ0) is 56.6. The molecule has 432 valence electrons. The smallest absolute Gasteiger partial charge is 0.410 e. The quantitative estimate of drug-likeness (QED) is 0.235. The SMILES string of the molecule is C.C=C1CNCCN1C(C)(C)C.CC(C)(C)N1CCCC1=O.CC(C)(C)N1CCCOC1=O.CC(C)(C)N1CCNC1=O.CC(C)(C)N1CCOC1=O.CC(C)(C)N1CCOCC1=O.CC(C)(C)N1CCSC1=O. The van der Waals surface area contributed by atoms with Gasteiger partial charge in [-0.2, -0.15) is 0 Å². The van der Waals surface area contributed by atoms with E-state index in [2.05, 4.69) is 84.4 Å². The summed E-state index contributed by atoms with van der Waals surface area (Å²) in [4.78, 5) is 80.0. The highest BCUT2D eigenvalue weighted by molar-refractivity contribution is 8.13. The lowest BCUT2D eigenvalue weighted by atomic mass is 10.0. The molecule has 7 heterocycles. The first-order valence-corrected chi connectivity index (χ1v) is 27.3. The molecular formula is C55H107N9O9S. The van der Waals surface area contributed by atoms with Gasteiger partial charge >= 0.3 is 18.2 Å². The summed E-state index contributed by atoms with van der Waals surface area (Å²) in [5, 5.41) is 6.29. The summed E-state index contributed by atoms with van der Waals surface area (Å²) < 4.78 is 14.7. The molecule has 19 heteroatoms. The van der Waals surface area contributed by atoms with Crippen molar-refractivity contribution in [1.29, 1.82) is 0 Å². The molecule has 7 saturated heterocycles. The Morgan fingerprint density at radius 1 is 0.459 bits per heavy atom. The molecule has 0 unspecified atom stereocenters. The average molecular weight is 1070 g/mol. The second kappa shape index (κ2) is 29.5. The minimum absolute atomic E-state index is 0. The molecule has 7 aliphatic rings. The predicted octanol–water partition coefficient (Wildman–Crippen LogP) is 9.52. The van der Waals surface area contributed by atoms with Crippen molar-refractivity contribution < 1.29 is 43.0 Å². The second-order valence-electron chi connectivity index (χ2n) is 25.9. The summed E-state index contributed by atoms with van der Waals surface area (Å²) >= 11 is 1.42. The van der Waals surface area contributed by atoms with Gasteiger partial charge in [-0.15, -0.1) is 0 Å². The number of thioether (sulfide) groups is 1. The molecule has 0 aliphatic carbocycles. The number of carbonyl (C=O) groups is 6. The van der Waals surface area contributed by atoms with E-state index >= 15 is 0 Å². The zero-order valence-electron chi connectivity index (χ0n) is 49.6. The number of urea groups is 1. The largest absolute Gasteiger partial charge is 0.449 e. The summed E-state index contributed by atoms with van der Waals surface area (Å²) in [6.07, 6.45) is 2.37. The number of hydrogen-bond acceptors (Lipinski definition) is 12. The summed E-state index contributed by atoms with van der Waals surface area (Å²) in [5.74, 6) is 1.37. The van der Waals surface area contributed by atoms with E-state index in [1.165, 1.54) is 17.5 Å². The topological polar surface area (TPSA) is 177 Å². The molecule has 74 heavy (non-hydrogen) atoms. The maximum absolute atomic E-state index is 11.2. The fourth-order valence-corrected chi connectivity index (χ4v) is 9.32. The third-order valence-electron chi connectivity index (χ3n) is 12.3. The fraction of sp³-hybridized carbons (Fsp3) is 0.855. The van der Waals surface area contributed by atoms with E-state index in [0.717, 1.165) is 90.5 Å². The van der Waals surface area contributed by atoms with Crippen LogP contribution < -0.4 is 10.6 Å². The van der Waals surface area contributed by atoms with E-state index < -0.39 is 0 Å². The third kappa shape index (κ3) is 24.8. The van der Waals surface area contributed by atoms with Gasteiger partial charge in [-0.05, 0) is 158 Å². The molecule has 7 fully saturated rings. The van der Waals surface area contributed by atoms with Crippen LogP contribution in [0.15, 0.2) is 12.3 Å². The lowest BCUT2D eigenvalue weighted by molar-refractivity contribution is -0.148. The number of nitrogens with one attached hydrogen (secondary N) is 2. The Morgan fingerprint density at radius 2 is 0.892 bits per heavy atom. The van der Waals surface area contributed by atoms with Gasteiger partial charge in [0.25, 0.3) is 5.24 Å². The number of carbonyl (C=O) groups excluding carboxylic acids is 6. The Bertz CT molecular complexity index is 1560. The maximum Gasteiger partial charge on any atom is 0.410 e. The molecule has 7 aliphatic heterocycles. The summed E-state index contributed by atoms with van der Waals surface area (Å²) in [7, 11) is 0.